The zero-order chi connectivity index (χ0) is 16.5. The van der Waals surface area contributed by atoms with E-state index in [2.05, 4.69) is 0 Å². The summed E-state index contributed by atoms with van der Waals surface area (Å²) in [6.45, 7) is 2.66. The van der Waals surface area contributed by atoms with Crippen LogP contribution < -0.4 is 14.2 Å². The van der Waals surface area contributed by atoms with Crippen molar-refractivity contribution in [2.75, 3.05) is 20.3 Å². The van der Waals surface area contributed by atoms with Gasteiger partial charge in [-0.25, -0.2) is 0 Å². The second-order valence-corrected chi connectivity index (χ2v) is 4.76. The van der Waals surface area contributed by atoms with Gasteiger partial charge in [0.25, 0.3) is 0 Å². The first-order valence-electron chi connectivity index (χ1n) is 7.39. The third-order valence-electron chi connectivity index (χ3n) is 3.19. The molecule has 4 nitrogen and oxygen atoms in total. The molecule has 2 aromatic rings. The number of ether oxygens (including phenoxy) is 3. The second kappa shape index (κ2) is 8.63. The maximum Gasteiger partial charge on any atom is 0.161 e. The van der Waals surface area contributed by atoms with Crippen LogP contribution in [0, 0.1) is 0 Å². The van der Waals surface area contributed by atoms with Crippen LogP contribution in [0.25, 0.3) is 6.08 Å². The number of hydrogen-bond acceptors (Lipinski definition) is 4. The van der Waals surface area contributed by atoms with Crippen LogP contribution in [0.5, 0.6) is 17.2 Å². The lowest BCUT2D eigenvalue weighted by Gasteiger charge is -2.12. The van der Waals surface area contributed by atoms with Crippen molar-refractivity contribution in [2.45, 2.75) is 6.92 Å². The van der Waals surface area contributed by atoms with Crippen LogP contribution in [0.1, 0.15) is 22.8 Å². The van der Waals surface area contributed by atoms with Crippen molar-refractivity contribution < 1.29 is 19.0 Å². The van der Waals surface area contributed by atoms with Crippen LogP contribution in [0.15, 0.2) is 48.5 Å². The fourth-order valence-corrected chi connectivity index (χ4v) is 2.11. The fraction of sp³-hybridized carbons (Fsp3) is 0.211. The Morgan fingerprint density at radius 3 is 2.39 bits per heavy atom. The number of allylic oxidation sites excluding steroid dienone is 1. The van der Waals surface area contributed by atoms with Crippen molar-refractivity contribution in [3.63, 3.8) is 0 Å². The van der Waals surface area contributed by atoms with Gasteiger partial charge in [0.05, 0.1) is 12.7 Å². The Bertz CT molecular complexity index is 677. The molecule has 0 radical (unpaired) electrons. The minimum atomic E-state index is 0.338. The molecule has 0 amide bonds. The molecular weight excluding hydrogens is 292 g/mol. The number of carbonyl (C=O) groups is 1. The molecule has 120 valence electrons. The van der Waals surface area contributed by atoms with E-state index >= 15 is 0 Å². The van der Waals surface area contributed by atoms with Gasteiger partial charge in [-0.15, -0.1) is 0 Å². The zero-order valence-electron chi connectivity index (χ0n) is 13.3. The van der Waals surface area contributed by atoms with E-state index in [0.29, 0.717) is 36.0 Å². The number of benzene rings is 2. The van der Waals surface area contributed by atoms with E-state index in [4.69, 9.17) is 14.2 Å². The summed E-state index contributed by atoms with van der Waals surface area (Å²) < 4.78 is 16.6. The van der Waals surface area contributed by atoms with E-state index < -0.39 is 0 Å². The Morgan fingerprint density at radius 1 is 0.957 bits per heavy atom. The summed E-state index contributed by atoms with van der Waals surface area (Å²) in [5.74, 6) is 1.89. The van der Waals surface area contributed by atoms with Crippen LogP contribution in [0.3, 0.4) is 0 Å². The SMILES string of the molecule is CC=Cc1ccc(OCCOc2ccccc2C=O)c(OC)c1. The predicted octanol–water partition coefficient (Wildman–Crippen LogP) is 4.00. The first kappa shape index (κ1) is 16.6. The molecule has 0 spiro atoms. The molecule has 0 saturated carbocycles. The van der Waals surface area contributed by atoms with Crippen molar-refractivity contribution in [2.24, 2.45) is 0 Å². The topological polar surface area (TPSA) is 44.8 Å². The summed E-state index contributed by atoms with van der Waals surface area (Å²) in [5, 5.41) is 0. The smallest absolute Gasteiger partial charge is 0.161 e. The Hall–Kier alpha value is -2.75. The maximum atomic E-state index is 10.9. The molecule has 0 saturated heterocycles. The standard InChI is InChI=1S/C19H20O4/c1-3-6-15-9-10-18(19(13-15)21-2)23-12-11-22-17-8-5-4-7-16(17)14-20/h3-10,13-14H,11-12H2,1-2H3. The van der Waals surface area contributed by atoms with Crippen molar-refractivity contribution in [3.05, 3.63) is 59.7 Å². The summed E-state index contributed by atoms with van der Waals surface area (Å²) in [7, 11) is 1.61. The van der Waals surface area contributed by atoms with Crippen LogP contribution in [0.2, 0.25) is 0 Å². The van der Waals surface area contributed by atoms with Gasteiger partial charge in [-0.05, 0) is 36.8 Å². The molecule has 0 aliphatic rings. The van der Waals surface area contributed by atoms with E-state index in [1.54, 1.807) is 25.3 Å². The number of carbonyl (C=O) groups excluding carboxylic acids is 1. The number of para-hydroxylation sites is 1. The molecule has 0 heterocycles. The van der Waals surface area contributed by atoms with Gasteiger partial charge >= 0.3 is 0 Å². The third kappa shape index (κ3) is 4.61. The number of methoxy groups -OCH3 is 1. The molecule has 4 heteroatoms. The molecule has 0 aliphatic heterocycles. The van der Waals surface area contributed by atoms with Crippen LogP contribution in [-0.2, 0) is 0 Å². The van der Waals surface area contributed by atoms with E-state index in [9.17, 15) is 4.79 Å². The summed E-state index contributed by atoms with van der Waals surface area (Å²) >= 11 is 0. The molecule has 0 unspecified atom stereocenters. The van der Waals surface area contributed by atoms with Gasteiger partial charge in [-0.1, -0.05) is 30.4 Å². The average molecular weight is 312 g/mol. The quantitative estimate of drug-likeness (QED) is 0.546. The van der Waals surface area contributed by atoms with Crippen molar-refractivity contribution in [3.8, 4) is 17.2 Å². The molecule has 0 fully saturated rings. The maximum absolute atomic E-state index is 10.9. The summed E-state index contributed by atoms with van der Waals surface area (Å²) in [4.78, 5) is 10.9. The first-order valence-corrected chi connectivity index (χ1v) is 7.39. The zero-order valence-corrected chi connectivity index (χ0v) is 13.3. The minimum Gasteiger partial charge on any atom is -0.493 e. The lowest BCUT2D eigenvalue weighted by molar-refractivity contribution is 0.111. The van der Waals surface area contributed by atoms with E-state index in [1.807, 2.05) is 43.3 Å². The van der Waals surface area contributed by atoms with E-state index in [-0.39, 0.29) is 0 Å². The largest absolute Gasteiger partial charge is 0.493 e. The van der Waals surface area contributed by atoms with Crippen LogP contribution in [0.4, 0.5) is 0 Å². The van der Waals surface area contributed by atoms with Crippen molar-refractivity contribution >= 4 is 12.4 Å². The highest BCUT2D eigenvalue weighted by molar-refractivity contribution is 5.79. The monoisotopic (exact) mass is 312 g/mol. The van der Waals surface area contributed by atoms with Crippen molar-refractivity contribution in [1.82, 2.24) is 0 Å². The second-order valence-electron chi connectivity index (χ2n) is 4.76. The Morgan fingerprint density at radius 2 is 1.70 bits per heavy atom. The molecule has 0 bridgehead atoms. The van der Waals surface area contributed by atoms with Gasteiger partial charge < -0.3 is 14.2 Å². The van der Waals surface area contributed by atoms with Gasteiger partial charge in [0.2, 0.25) is 0 Å². The summed E-state index contributed by atoms with van der Waals surface area (Å²) in [6, 6.07) is 12.8. The molecule has 0 atom stereocenters. The van der Waals surface area contributed by atoms with Gasteiger partial charge in [-0.3, -0.25) is 4.79 Å². The molecular formula is C19H20O4. The fourth-order valence-electron chi connectivity index (χ4n) is 2.11. The lowest BCUT2D eigenvalue weighted by atomic mass is 10.2. The van der Waals surface area contributed by atoms with Crippen molar-refractivity contribution in [1.29, 1.82) is 0 Å². The molecule has 2 rings (SSSR count). The highest BCUT2D eigenvalue weighted by Gasteiger charge is 2.06. The normalized spacial score (nSPS) is 10.5. The molecule has 0 aromatic heterocycles. The summed E-state index contributed by atoms with van der Waals surface area (Å²) in [6.07, 6.45) is 4.73. The van der Waals surface area contributed by atoms with Gasteiger partial charge in [0, 0.05) is 0 Å². The highest BCUT2D eigenvalue weighted by atomic mass is 16.5. The minimum absolute atomic E-state index is 0.338. The Kier molecular flexibility index (Phi) is 6.24. The van der Waals surface area contributed by atoms with Gasteiger partial charge in [-0.2, -0.15) is 0 Å². The third-order valence-corrected chi connectivity index (χ3v) is 3.19. The number of hydrogen-bond donors (Lipinski definition) is 0. The lowest BCUT2D eigenvalue weighted by Crippen LogP contribution is -2.10. The van der Waals surface area contributed by atoms with Crippen LogP contribution in [-0.4, -0.2) is 26.6 Å². The summed E-state index contributed by atoms with van der Waals surface area (Å²) in [5.41, 5.74) is 1.58. The van der Waals surface area contributed by atoms with Gasteiger partial charge in [0.15, 0.2) is 17.8 Å². The molecule has 2 aromatic carbocycles. The van der Waals surface area contributed by atoms with Crippen LogP contribution >= 0.6 is 0 Å². The van der Waals surface area contributed by atoms with Gasteiger partial charge in [0.1, 0.15) is 19.0 Å². The Balaban J connectivity index is 1.92. The number of aldehydes is 1. The Labute approximate surface area is 136 Å². The average Bonchev–Trinajstić information content (AvgIpc) is 2.60. The molecule has 23 heavy (non-hydrogen) atoms. The molecule has 0 N–H and O–H groups in total. The number of rotatable bonds is 8. The first-order chi connectivity index (χ1) is 11.3. The van der Waals surface area contributed by atoms with E-state index in [1.165, 1.54) is 0 Å². The predicted molar refractivity (Wildman–Crippen MR) is 90.5 cm³/mol. The molecule has 0 aliphatic carbocycles. The highest BCUT2D eigenvalue weighted by Crippen LogP contribution is 2.28. The van der Waals surface area contributed by atoms with E-state index in [0.717, 1.165) is 11.8 Å².